The third-order valence-corrected chi connectivity index (χ3v) is 9.08. The van der Waals surface area contributed by atoms with Gasteiger partial charge >= 0.3 is 0 Å². The molecule has 0 bridgehead atoms. The van der Waals surface area contributed by atoms with Crippen molar-refractivity contribution in [3.05, 3.63) is 115 Å². The Morgan fingerprint density at radius 1 is 1.11 bits per heavy atom. The molecular formula is C28H20I2N2O3S. The zero-order valence-electron chi connectivity index (χ0n) is 19.2. The standard InChI is InChI=1S/C28H20I2N2O3S/c1-35-22-9-5-4-8-19(22)25-20-11-10-15-6-2-3-7-18(15)24(20)31-28-32(25)27(34)23(36-28)13-16-12-17(29)14-21(30)26(16)33/h2-9,12-14,25,33H,10-11H2,1H3/b23-13+/t25-/m1/s1. The van der Waals surface area contributed by atoms with Crippen molar-refractivity contribution in [2.75, 3.05) is 7.11 Å². The fourth-order valence-corrected chi connectivity index (χ4v) is 7.91. The Balaban J connectivity index is 1.66. The van der Waals surface area contributed by atoms with E-state index in [1.807, 2.05) is 42.5 Å². The molecule has 0 unspecified atom stereocenters. The van der Waals surface area contributed by atoms with E-state index < -0.39 is 0 Å². The van der Waals surface area contributed by atoms with E-state index in [1.165, 1.54) is 16.9 Å². The molecule has 0 radical (unpaired) electrons. The van der Waals surface area contributed by atoms with Gasteiger partial charge in [-0.2, -0.15) is 0 Å². The van der Waals surface area contributed by atoms with Crippen LogP contribution >= 0.6 is 56.5 Å². The van der Waals surface area contributed by atoms with Gasteiger partial charge in [-0.1, -0.05) is 53.8 Å². The van der Waals surface area contributed by atoms with Gasteiger partial charge in [-0.05, 0) is 93.4 Å². The fraction of sp³-hybridized carbons (Fsp3) is 0.143. The lowest BCUT2D eigenvalue weighted by molar-refractivity contribution is 0.402. The molecule has 6 rings (SSSR count). The second-order valence-corrected chi connectivity index (χ2v) is 12.1. The normalized spacial score (nSPS) is 16.8. The zero-order valence-corrected chi connectivity index (χ0v) is 24.3. The van der Waals surface area contributed by atoms with E-state index in [4.69, 9.17) is 9.73 Å². The minimum atomic E-state index is -0.312. The molecule has 2 aliphatic rings. The number of phenols is 1. The molecule has 5 nitrogen and oxygen atoms in total. The van der Waals surface area contributed by atoms with Crippen LogP contribution in [0.1, 0.15) is 34.7 Å². The molecular weight excluding hydrogens is 698 g/mol. The van der Waals surface area contributed by atoms with Crippen LogP contribution in [0.3, 0.4) is 0 Å². The number of hydrogen-bond acceptors (Lipinski definition) is 5. The van der Waals surface area contributed by atoms with Gasteiger partial charge in [0, 0.05) is 20.3 Å². The van der Waals surface area contributed by atoms with Gasteiger partial charge in [-0.25, -0.2) is 4.99 Å². The van der Waals surface area contributed by atoms with Crippen molar-refractivity contribution in [1.29, 1.82) is 0 Å². The number of rotatable bonds is 3. The van der Waals surface area contributed by atoms with Crippen molar-refractivity contribution in [2.24, 2.45) is 4.99 Å². The first-order valence-corrected chi connectivity index (χ1v) is 14.4. The number of halogens is 2. The van der Waals surface area contributed by atoms with E-state index in [2.05, 4.69) is 63.4 Å². The van der Waals surface area contributed by atoms with Gasteiger partial charge in [0.15, 0.2) is 4.80 Å². The first-order chi connectivity index (χ1) is 17.5. The van der Waals surface area contributed by atoms with E-state index in [-0.39, 0.29) is 17.4 Å². The number of hydrogen-bond donors (Lipinski definition) is 1. The molecule has 1 atom stereocenters. The molecule has 36 heavy (non-hydrogen) atoms. The maximum Gasteiger partial charge on any atom is 0.271 e. The average Bonchev–Trinajstić information content (AvgIpc) is 3.20. The lowest BCUT2D eigenvalue weighted by Gasteiger charge is -2.31. The number of fused-ring (bicyclic) bond motifs is 3. The molecule has 1 aliphatic heterocycles. The molecule has 0 spiro atoms. The number of aromatic nitrogens is 1. The van der Waals surface area contributed by atoms with Crippen molar-refractivity contribution in [3.63, 3.8) is 0 Å². The van der Waals surface area contributed by atoms with Crippen molar-refractivity contribution >= 4 is 68.3 Å². The molecule has 0 saturated carbocycles. The quantitative estimate of drug-likeness (QED) is 0.295. The van der Waals surface area contributed by atoms with E-state index in [1.54, 1.807) is 17.8 Å². The highest BCUT2D eigenvalue weighted by Gasteiger charge is 2.34. The Labute approximate surface area is 238 Å². The number of methoxy groups -OCH3 is 1. The predicted octanol–water partition coefficient (Wildman–Crippen LogP) is 5.24. The molecule has 4 aromatic rings. The number of ether oxygens (including phenoxy) is 1. The Morgan fingerprint density at radius 2 is 1.89 bits per heavy atom. The Kier molecular flexibility index (Phi) is 6.29. The van der Waals surface area contributed by atoms with Gasteiger partial charge in [0.05, 0.1) is 27.0 Å². The van der Waals surface area contributed by atoms with Crippen LogP contribution in [0.5, 0.6) is 11.5 Å². The predicted molar refractivity (Wildman–Crippen MR) is 159 cm³/mol. The van der Waals surface area contributed by atoms with Crippen LogP contribution in [0.2, 0.25) is 0 Å². The molecule has 3 aromatic carbocycles. The Bertz CT molecular complexity index is 1750. The van der Waals surface area contributed by atoms with Gasteiger partial charge in [-0.15, -0.1) is 0 Å². The lowest BCUT2D eigenvalue weighted by atomic mass is 9.83. The summed E-state index contributed by atoms with van der Waals surface area (Å²) in [5, 5.41) is 10.7. The van der Waals surface area contributed by atoms with Crippen LogP contribution in [-0.4, -0.2) is 16.8 Å². The van der Waals surface area contributed by atoms with E-state index in [0.717, 1.165) is 48.1 Å². The number of nitrogens with zero attached hydrogens (tertiary/aromatic N) is 2. The summed E-state index contributed by atoms with van der Waals surface area (Å²) in [5.74, 6) is 0.922. The van der Waals surface area contributed by atoms with E-state index >= 15 is 0 Å². The monoisotopic (exact) mass is 718 g/mol. The summed E-state index contributed by atoms with van der Waals surface area (Å²) in [7, 11) is 1.66. The molecule has 2 heterocycles. The first-order valence-electron chi connectivity index (χ1n) is 11.4. The number of aromatic hydroxyl groups is 1. The molecule has 1 aliphatic carbocycles. The van der Waals surface area contributed by atoms with Crippen LogP contribution in [-0.2, 0) is 6.42 Å². The van der Waals surface area contributed by atoms with E-state index in [9.17, 15) is 9.90 Å². The maximum absolute atomic E-state index is 13.9. The lowest BCUT2D eigenvalue weighted by Crippen LogP contribution is -2.39. The molecule has 8 heteroatoms. The number of allylic oxidation sites excluding steroid dienone is 1. The molecule has 0 saturated heterocycles. The van der Waals surface area contributed by atoms with Crippen molar-refractivity contribution in [3.8, 4) is 11.5 Å². The second kappa shape index (κ2) is 9.46. The minimum absolute atomic E-state index is 0.117. The highest BCUT2D eigenvalue weighted by molar-refractivity contribution is 14.1. The van der Waals surface area contributed by atoms with Crippen LogP contribution in [0, 0.1) is 7.14 Å². The number of aryl methyl sites for hydroxylation is 1. The molecule has 180 valence electrons. The summed E-state index contributed by atoms with van der Waals surface area (Å²) >= 11 is 5.69. The summed E-state index contributed by atoms with van der Waals surface area (Å²) in [6.07, 6.45) is 3.49. The van der Waals surface area contributed by atoms with E-state index in [0.29, 0.717) is 14.9 Å². The highest BCUT2D eigenvalue weighted by Crippen LogP contribution is 2.43. The minimum Gasteiger partial charge on any atom is -0.506 e. The second-order valence-electron chi connectivity index (χ2n) is 8.68. The Hall–Kier alpha value is -2.44. The van der Waals surface area contributed by atoms with Crippen molar-refractivity contribution in [2.45, 2.75) is 18.9 Å². The van der Waals surface area contributed by atoms with Crippen LogP contribution < -0.4 is 19.6 Å². The molecule has 1 aromatic heterocycles. The average molecular weight is 718 g/mol. The summed E-state index contributed by atoms with van der Waals surface area (Å²) in [4.78, 5) is 19.6. The highest BCUT2D eigenvalue weighted by atomic mass is 127. The van der Waals surface area contributed by atoms with Gasteiger partial charge < -0.3 is 9.84 Å². The maximum atomic E-state index is 13.9. The number of thiazole rings is 1. The summed E-state index contributed by atoms with van der Waals surface area (Å²) in [5.41, 5.74) is 5.93. The fourth-order valence-electron chi connectivity index (χ4n) is 5.03. The van der Waals surface area contributed by atoms with Gasteiger partial charge in [0.2, 0.25) is 0 Å². The SMILES string of the molecule is COc1ccccc1[C@@H]1C2=C(N=c3s/c(=C/c4cc(I)cc(I)c4O)c(=O)n31)c1ccccc1CC2. The molecule has 0 amide bonds. The van der Waals surface area contributed by atoms with Gasteiger partial charge in [-0.3, -0.25) is 9.36 Å². The summed E-state index contributed by atoms with van der Waals surface area (Å²) < 4.78 is 9.82. The topological polar surface area (TPSA) is 63.8 Å². The van der Waals surface area contributed by atoms with Gasteiger partial charge in [0.1, 0.15) is 11.5 Å². The molecule has 1 N–H and O–H groups in total. The Morgan fingerprint density at radius 3 is 2.72 bits per heavy atom. The number of benzene rings is 3. The largest absolute Gasteiger partial charge is 0.506 e. The summed E-state index contributed by atoms with van der Waals surface area (Å²) in [6.45, 7) is 0. The van der Waals surface area contributed by atoms with Gasteiger partial charge in [0.25, 0.3) is 5.56 Å². The zero-order chi connectivity index (χ0) is 25.0. The van der Waals surface area contributed by atoms with Crippen molar-refractivity contribution < 1.29 is 9.84 Å². The first kappa shape index (κ1) is 23.9. The number of phenolic OH excluding ortho intramolecular Hbond substituents is 1. The number of para-hydroxylation sites is 1. The van der Waals surface area contributed by atoms with Crippen LogP contribution in [0.4, 0.5) is 0 Å². The summed E-state index contributed by atoms with van der Waals surface area (Å²) in [6, 6.07) is 19.8. The van der Waals surface area contributed by atoms with Crippen LogP contribution in [0.15, 0.2) is 76.0 Å². The smallest absolute Gasteiger partial charge is 0.271 e. The third-order valence-electron chi connectivity index (χ3n) is 6.65. The third kappa shape index (κ3) is 3.93. The van der Waals surface area contributed by atoms with Crippen LogP contribution in [0.25, 0.3) is 11.8 Å². The van der Waals surface area contributed by atoms with Crippen molar-refractivity contribution in [1.82, 2.24) is 4.57 Å². The molecule has 0 fully saturated rings.